The Bertz CT molecular complexity index is 1130. The summed E-state index contributed by atoms with van der Waals surface area (Å²) in [6, 6.07) is 20.2. The van der Waals surface area contributed by atoms with E-state index in [4.69, 9.17) is 9.47 Å². The van der Waals surface area contributed by atoms with Crippen LogP contribution in [0.15, 0.2) is 72.8 Å². The lowest BCUT2D eigenvalue weighted by atomic mass is 9.83. The summed E-state index contributed by atoms with van der Waals surface area (Å²) in [6.07, 6.45) is 0.685. The number of piperidine rings is 1. The van der Waals surface area contributed by atoms with Crippen LogP contribution in [-0.2, 0) is 16.1 Å². The molecule has 3 aromatic carbocycles. The average Bonchev–Trinajstić information content (AvgIpc) is 2.88. The Labute approximate surface area is 198 Å². The van der Waals surface area contributed by atoms with Crippen LogP contribution < -0.4 is 19.7 Å². The van der Waals surface area contributed by atoms with E-state index in [2.05, 4.69) is 5.32 Å². The van der Waals surface area contributed by atoms with Gasteiger partial charge < -0.3 is 19.7 Å². The van der Waals surface area contributed by atoms with Crippen LogP contribution in [0.25, 0.3) is 0 Å². The molecule has 0 unspecified atom stereocenters. The molecule has 2 atom stereocenters. The molecule has 34 heavy (non-hydrogen) atoms. The molecule has 0 bridgehead atoms. The Hall–Kier alpha value is -3.87. The highest BCUT2D eigenvalue weighted by atomic mass is 19.1. The van der Waals surface area contributed by atoms with Crippen LogP contribution in [0.4, 0.5) is 10.1 Å². The van der Waals surface area contributed by atoms with E-state index in [1.807, 2.05) is 36.4 Å². The van der Waals surface area contributed by atoms with Crippen molar-refractivity contribution in [2.24, 2.45) is 5.92 Å². The van der Waals surface area contributed by atoms with Crippen molar-refractivity contribution in [3.63, 3.8) is 0 Å². The number of nitrogens with one attached hydrogen (secondary N) is 1. The summed E-state index contributed by atoms with van der Waals surface area (Å²) in [4.78, 5) is 28.2. The van der Waals surface area contributed by atoms with Gasteiger partial charge >= 0.3 is 0 Å². The van der Waals surface area contributed by atoms with E-state index in [1.165, 1.54) is 12.1 Å². The zero-order valence-corrected chi connectivity index (χ0v) is 19.2. The van der Waals surface area contributed by atoms with Crippen molar-refractivity contribution in [1.82, 2.24) is 5.32 Å². The number of benzene rings is 3. The number of hydrogen-bond donors (Lipinski definition) is 1. The SMILES string of the molecule is COc1ccc([C@H]2[C@@H](C(=O)NCc3ccc(F)cc3)CCC(=O)N2c2ccc(OC)cc2)cc1. The van der Waals surface area contributed by atoms with Gasteiger partial charge in [-0.25, -0.2) is 4.39 Å². The molecular weight excluding hydrogens is 435 g/mol. The van der Waals surface area contributed by atoms with Gasteiger partial charge in [-0.2, -0.15) is 0 Å². The molecule has 1 N–H and O–H groups in total. The van der Waals surface area contributed by atoms with Crippen LogP contribution in [0.1, 0.15) is 30.0 Å². The van der Waals surface area contributed by atoms with Crippen LogP contribution >= 0.6 is 0 Å². The van der Waals surface area contributed by atoms with Crippen molar-refractivity contribution in [2.75, 3.05) is 19.1 Å². The van der Waals surface area contributed by atoms with Crippen LogP contribution in [0.3, 0.4) is 0 Å². The molecule has 3 aromatic rings. The number of amides is 2. The molecule has 1 fully saturated rings. The predicted molar refractivity (Wildman–Crippen MR) is 127 cm³/mol. The first-order valence-corrected chi connectivity index (χ1v) is 11.1. The minimum absolute atomic E-state index is 0.0476. The minimum Gasteiger partial charge on any atom is -0.497 e. The summed E-state index contributed by atoms with van der Waals surface area (Å²) in [5.74, 6) is 0.385. The van der Waals surface area contributed by atoms with Crippen molar-refractivity contribution >= 4 is 17.5 Å². The fourth-order valence-corrected chi connectivity index (χ4v) is 4.32. The zero-order chi connectivity index (χ0) is 24.1. The highest BCUT2D eigenvalue weighted by molar-refractivity contribution is 5.97. The summed E-state index contributed by atoms with van der Waals surface area (Å²) in [5, 5.41) is 2.97. The van der Waals surface area contributed by atoms with Gasteiger partial charge in [-0.3, -0.25) is 9.59 Å². The molecule has 0 radical (unpaired) electrons. The molecule has 1 saturated heterocycles. The molecule has 7 heteroatoms. The van der Waals surface area contributed by atoms with Crippen molar-refractivity contribution < 1.29 is 23.5 Å². The number of anilines is 1. The molecule has 6 nitrogen and oxygen atoms in total. The molecule has 0 saturated carbocycles. The molecule has 1 heterocycles. The molecule has 1 aliphatic rings. The van der Waals surface area contributed by atoms with Gasteiger partial charge in [-0.1, -0.05) is 24.3 Å². The Morgan fingerprint density at radius 3 is 2.12 bits per heavy atom. The Morgan fingerprint density at radius 2 is 1.53 bits per heavy atom. The molecular formula is C27H27FN2O4. The van der Waals surface area contributed by atoms with E-state index in [0.29, 0.717) is 23.6 Å². The number of carbonyl (C=O) groups excluding carboxylic acids is 2. The molecule has 1 aliphatic heterocycles. The monoisotopic (exact) mass is 462 g/mol. The predicted octanol–water partition coefficient (Wildman–Crippen LogP) is 4.64. The maximum atomic E-state index is 13.4. The van der Waals surface area contributed by atoms with E-state index >= 15 is 0 Å². The van der Waals surface area contributed by atoms with E-state index in [-0.39, 0.29) is 30.6 Å². The second kappa shape index (κ2) is 10.4. The van der Waals surface area contributed by atoms with Gasteiger partial charge in [0.2, 0.25) is 11.8 Å². The van der Waals surface area contributed by atoms with Gasteiger partial charge in [0.05, 0.1) is 26.2 Å². The lowest BCUT2D eigenvalue weighted by Gasteiger charge is -2.41. The number of rotatable bonds is 7. The highest BCUT2D eigenvalue weighted by Crippen LogP contribution is 2.41. The first-order chi connectivity index (χ1) is 16.5. The molecule has 4 rings (SSSR count). The normalized spacial score (nSPS) is 17.9. The molecule has 176 valence electrons. The van der Waals surface area contributed by atoms with Gasteiger partial charge in [-0.05, 0) is 66.1 Å². The Kier molecular flexibility index (Phi) is 7.11. The van der Waals surface area contributed by atoms with Gasteiger partial charge in [-0.15, -0.1) is 0 Å². The summed E-state index contributed by atoms with van der Waals surface area (Å²) < 4.78 is 23.8. The van der Waals surface area contributed by atoms with Gasteiger partial charge in [0.25, 0.3) is 0 Å². The summed E-state index contributed by atoms with van der Waals surface area (Å²) in [7, 11) is 3.18. The van der Waals surface area contributed by atoms with Crippen molar-refractivity contribution in [1.29, 1.82) is 0 Å². The van der Waals surface area contributed by atoms with Crippen LogP contribution in [-0.4, -0.2) is 26.0 Å². The van der Waals surface area contributed by atoms with Crippen LogP contribution in [0.5, 0.6) is 11.5 Å². The Balaban J connectivity index is 1.65. The van der Waals surface area contributed by atoms with Gasteiger partial charge in [0.15, 0.2) is 0 Å². The highest BCUT2D eigenvalue weighted by Gasteiger charge is 2.41. The lowest BCUT2D eigenvalue weighted by molar-refractivity contribution is -0.129. The number of ether oxygens (including phenoxy) is 2. The molecule has 0 spiro atoms. The number of nitrogens with zero attached hydrogens (tertiary/aromatic N) is 1. The minimum atomic E-state index is -0.492. The van der Waals surface area contributed by atoms with E-state index in [1.54, 1.807) is 43.4 Å². The third-order valence-electron chi connectivity index (χ3n) is 6.12. The van der Waals surface area contributed by atoms with E-state index in [0.717, 1.165) is 11.1 Å². The summed E-state index contributed by atoms with van der Waals surface area (Å²) in [5.41, 5.74) is 2.34. The quantitative estimate of drug-likeness (QED) is 0.555. The first kappa shape index (κ1) is 23.3. The fraction of sp³-hybridized carbons (Fsp3) is 0.259. The second-order valence-electron chi connectivity index (χ2n) is 8.17. The molecule has 0 aliphatic carbocycles. The number of carbonyl (C=O) groups is 2. The average molecular weight is 463 g/mol. The van der Waals surface area contributed by atoms with Gasteiger partial charge in [0.1, 0.15) is 17.3 Å². The maximum Gasteiger partial charge on any atom is 0.227 e. The zero-order valence-electron chi connectivity index (χ0n) is 19.2. The third-order valence-corrected chi connectivity index (χ3v) is 6.12. The number of methoxy groups -OCH3 is 2. The smallest absolute Gasteiger partial charge is 0.227 e. The largest absolute Gasteiger partial charge is 0.497 e. The summed E-state index contributed by atoms with van der Waals surface area (Å²) in [6.45, 7) is 0.279. The third kappa shape index (κ3) is 5.03. The Morgan fingerprint density at radius 1 is 0.941 bits per heavy atom. The van der Waals surface area contributed by atoms with Crippen molar-refractivity contribution in [3.05, 3.63) is 89.7 Å². The molecule has 0 aromatic heterocycles. The van der Waals surface area contributed by atoms with Gasteiger partial charge in [0, 0.05) is 18.7 Å². The van der Waals surface area contributed by atoms with Crippen molar-refractivity contribution in [3.8, 4) is 11.5 Å². The van der Waals surface area contributed by atoms with E-state index in [9.17, 15) is 14.0 Å². The molecule has 2 amide bonds. The number of hydrogen-bond acceptors (Lipinski definition) is 4. The van der Waals surface area contributed by atoms with Crippen LogP contribution in [0, 0.1) is 11.7 Å². The topological polar surface area (TPSA) is 67.9 Å². The fourth-order valence-electron chi connectivity index (χ4n) is 4.32. The van der Waals surface area contributed by atoms with Crippen LogP contribution in [0.2, 0.25) is 0 Å². The van der Waals surface area contributed by atoms with Crippen molar-refractivity contribution in [2.45, 2.75) is 25.4 Å². The van der Waals surface area contributed by atoms with E-state index < -0.39 is 12.0 Å². The number of halogens is 1. The maximum absolute atomic E-state index is 13.4. The lowest BCUT2D eigenvalue weighted by Crippen LogP contribution is -2.48. The summed E-state index contributed by atoms with van der Waals surface area (Å²) >= 11 is 0. The standard InChI is InChI=1S/C27H27FN2O4/c1-33-22-11-5-19(6-12-22)26-24(27(32)29-17-18-3-7-20(28)8-4-18)15-16-25(31)30(26)21-9-13-23(34-2)14-10-21/h3-14,24,26H,15-17H2,1-2H3,(H,29,32)/t24-,26-/m0/s1. The second-order valence-corrected chi connectivity index (χ2v) is 8.17. The first-order valence-electron chi connectivity index (χ1n) is 11.1.